The van der Waals surface area contributed by atoms with E-state index in [9.17, 15) is 4.79 Å². The maximum absolute atomic E-state index is 11.7. The SMILES string of the molecule is CCCCCCC(C)NC(=NCCNC(=O)c1ccco1)NCC.I. The van der Waals surface area contributed by atoms with Crippen LogP contribution in [0.2, 0.25) is 0 Å². The summed E-state index contributed by atoms with van der Waals surface area (Å²) in [6, 6.07) is 3.73. The van der Waals surface area contributed by atoms with Crippen molar-refractivity contribution in [2.75, 3.05) is 19.6 Å². The monoisotopic (exact) mass is 464 g/mol. The van der Waals surface area contributed by atoms with Crippen LogP contribution in [0.25, 0.3) is 0 Å². The first-order chi connectivity index (χ1) is 11.7. The molecule has 0 aliphatic rings. The first-order valence-electron chi connectivity index (χ1n) is 9.03. The Bertz CT molecular complexity index is 477. The highest BCUT2D eigenvalue weighted by Crippen LogP contribution is 2.05. The summed E-state index contributed by atoms with van der Waals surface area (Å²) in [5, 5.41) is 9.45. The number of halogens is 1. The number of nitrogens with zero attached hydrogens (tertiary/aromatic N) is 1. The van der Waals surface area contributed by atoms with Crippen LogP contribution >= 0.6 is 24.0 Å². The minimum Gasteiger partial charge on any atom is -0.459 e. The molecule has 0 aliphatic carbocycles. The van der Waals surface area contributed by atoms with Gasteiger partial charge in [0, 0.05) is 19.1 Å². The number of hydrogen-bond acceptors (Lipinski definition) is 3. The predicted octanol–water partition coefficient (Wildman–Crippen LogP) is 3.54. The number of rotatable bonds is 11. The smallest absolute Gasteiger partial charge is 0.287 e. The van der Waals surface area contributed by atoms with E-state index in [1.165, 1.54) is 31.9 Å². The fraction of sp³-hybridized carbons (Fsp3) is 0.667. The summed E-state index contributed by atoms with van der Waals surface area (Å²) in [6.07, 6.45) is 7.71. The molecule has 0 bridgehead atoms. The number of hydrogen-bond donors (Lipinski definition) is 3. The molecular formula is C18H33IN4O2. The molecule has 0 aromatic carbocycles. The number of carbonyl (C=O) groups excluding carboxylic acids is 1. The third-order valence-corrected chi connectivity index (χ3v) is 3.63. The summed E-state index contributed by atoms with van der Waals surface area (Å²) < 4.78 is 5.05. The molecule has 0 fully saturated rings. The van der Waals surface area contributed by atoms with Crippen molar-refractivity contribution in [2.24, 2.45) is 4.99 Å². The van der Waals surface area contributed by atoms with Crippen molar-refractivity contribution >= 4 is 35.8 Å². The standard InChI is InChI=1S/C18H32N4O2.HI/c1-4-6-7-8-10-15(3)22-18(19-5-2)21-13-12-20-17(23)16-11-9-14-24-16;/h9,11,14-15H,4-8,10,12-13H2,1-3H3,(H,20,23)(H2,19,21,22);1H. The molecule has 1 heterocycles. The molecule has 1 unspecified atom stereocenters. The molecule has 1 rings (SSSR count). The third kappa shape index (κ3) is 11.1. The zero-order chi connectivity index (χ0) is 17.6. The van der Waals surface area contributed by atoms with E-state index in [2.05, 4.69) is 34.8 Å². The first kappa shape index (κ1) is 23.8. The molecule has 0 spiro atoms. The van der Waals surface area contributed by atoms with Crippen molar-refractivity contribution in [3.8, 4) is 0 Å². The lowest BCUT2D eigenvalue weighted by atomic mass is 10.1. The molecule has 7 heteroatoms. The summed E-state index contributed by atoms with van der Waals surface area (Å²) in [7, 11) is 0. The summed E-state index contributed by atoms with van der Waals surface area (Å²) in [5.74, 6) is 0.912. The summed E-state index contributed by atoms with van der Waals surface area (Å²) in [4.78, 5) is 16.2. The molecule has 144 valence electrons. The highest BCUT2D eigenvalue weighted by molar-refractivity contribution is 14.0. The zero-order valence-corrected chi connectivity index (χ0v) is 18.0. The molecule has 6 nitrogen and oxygen atoms in total. The van der Waals surface area contributed by atoms with Crippen molar-refractivity contribution in [3.63, 3.8) is 0 Å². The maximum Gasteiger partial charge on any atom is 0.287 e. The topological polar surface area (TPSA) is 78.7 Å². The molecule has 0 saturated heterocycles. The van der Waals surface area contributed by atoms with Gasteiger partial charge in [-0.2, -0.15) is 0 Å². The Hall–Kier alpha value is -1.25. The highest BCUT2D eigenvalue weighted by atomic mass is 127. The van der Waals surface area contributed by atoms with Gasteiger partial charge in [0.25, 0.3) is 5.91 Å². The fourth-order valence-electron chi connectivity index (χ4n) is 2.33. The largest absolute Gasteiger partial charge is 0.459 e. The van der Waals surface area contributed by atoms with Gasteiger partial charge < -0.3 is 20.4 Å². The summed E-state index contributed by atoms with van der Waals surface area (Å²) in [5.41, 5.74) is 0. The van der Waals surface area contributed by atoms with Crippen LogP contribution in [0.1, 0.15) is 63.4 Å². The predicted molar refractivity (Wildman–Crippen MR) is 114 cm³/mol. The molecule has 1 atom stereocenters. The number of aliphatic imine (C=N–C) groups is 1. The minimum atomic E-state index is -0.211. The van der Waals surface area contributed by atoms with Gasteiger partial charge in [0.15, 0.2) is 11.7 Å². The van der Waals surface area contributed by atoms with Crippen molar-refractivity contribution in [1.82, 2.24) is 16.0 Å². The lowest BCUT2D eigenvalue weighted by Crippen LogP contribution is -2.42. The Labute approximate surface area is 168 Å². The number of nitrogens with one attached hydrogen (secondary N) is 3. The maximum atomic E-state index is 11.7. The van der Waals surface area contributed by atoms with Crippen molar-refractivity contribution in [2.45, 2.75) is 58.9 Å². The Balaban J connectivity index is 0.00000576. The second-order valence-corrected chi connectivity index (χ2v) is 5.89. The van der Waals surface area contributed by atoms with Gasteiger partial charge in [0.05, 0.1) is 12.8 Å². The molecule has 1 aromatic heterocycles. The van der Waals surface area contributed by atoms with Gasteiger partial charge in [-0.1, -0.05) is 32.6 Å². The van der Waals surface area contributed by atoms with Crippen LogP contribution in [0.4, 0.5) is 0 Å². The van der Waals surface area contributed by atoms with E-state index in [1.807, 2.05) is 6.92 Å². The zero-order valence-electron chi connectivity index (χ0n) is 15.6. The number of unbranched alkanes of at least 4 members (excludes halogenated alkanes) is 3. The van der Waals surface area contributed by atoms with E-state index in [0.29, 0.717) is 24.9 Å². The van der Waals surface area contributed by atoms with Crippen LogP contribution in [-0.2, 0) is 0 Å². The average molecular weight is 464 g/mol. The van der Waals surface area contributed by atoms with E-state index in [-0.39, 0.29) is 29.9 Å². The highest BCUT2D eigenvalue weighted by Gasteiger charge is 2.07. The van der Waals surface area contributed by atoms with E-state index in [1.54, 1.807) is 12.1 Å². The lowest BCUT2D eigenvalue weighted by molar-refractivity contribution is 0.0927. The van der Waals surface area contributed by atoms with Crippen molar-refractivity contribution in [3.05, 3.63) is 24.2 Å². The summed E-state index contributed by atoms with van der Waals surface area (Å²) >= 11 is 0. The molecule has 1 aromatic rings. The van der Waals surface area contributed by atoms with Gasteiger partial charge in [0.1, 0.15) is 0 Å². The fourth-order valence-corrected chi connectivity index (χ4v) is 2.33. The van der Waals surface area contributed by atoms with Crippen LogP contribution in [0.5, 0.6) is 0 Å². The molecular weight excluding hydrogens is 431 g/mol. The number of amides is 1. The van der Waals surface area contributed by atoms with Gasteiger partial charge in [-0.3, -0.25) is 9.79 Å². The van der Waals surface area contributed by atoms with Crippen LogP contribution in [-0.4, -0.2) is 37.5 Å². The molecule has 1 amide bonds. The van der Waals surface area contributed by atoms with Gasteiger partial charge in [-0.25, -0.2) is 0 Å². The van der Waals surface area contributed by atoms with Gasteiger partial charge in [0.2, 0.25) is 0 Å². The molecule has 3 N–H and O–H groups in total. The number of guanidine groups is 1. The van der Waals surface area contributed by atoms with Crippen molar-refractivity contribution in [1.29, 1.82) is 0 Å². The van der Waals surface area contributed by atoms with Crippen molar-refractivity contribution < 1.29 is 9.21 Å². The van der Waals surface area contributed by atoms with E-state index >= 15 is 0 Å². The molecule has 0 aliphatic heterocycles. The van der Waals surface area contributed by atoms with E-state index in [4.69, 9.17) is 4.42 Å². The van der Waals surface area contributed by atoms with Crippen LogP contribution in [0.3, 0.4) is 0 Å². The Morgan fingerprint density at radius 1 is 1.24 bits per heavy atom. The van der Waals surface area contributed by atoms with E-state index < -0.39 is 0 Å². The second kappa shape index (κ2) is 15.0. The summed E-state index contributed by atoms with van der Waals surface area (Å²) in [6.45, 7) is 8.25. The lowest BCUT2D eigenvalue weighted by Gasteiger charge is -2.17. The van der Waals surface area contributed by atoms with E-state index in [0.717, 1.165) is 18.9 Å². The molecule has 0 radical (unpaired) electrons. The second-order valence-electron chi connectivity index (χ2n) is 5.89. The normalized spacial score (nSPS) is 12.2. The number of carbonyl (C=O) groups is 1. The molecule has 25 heavy (non-hydrogen) atoms. The van der Waals surface area contributed by atoms with Crippen LogP contribution in [0, 0.1) is 0 Å². The quantitative estimate of drug-likeness (QED) is 0.203. The Morgan fingerprint density at radius 2 is 2.04 bits per heavy atom. The third-order valence-electron chi connectivity index (χ3n) is 3.63. The van der Waals surface area contributed by atoms with Gasteiger partial charge in [-0.05, 0) is 32.4 Å². The minimum absolute atomic E-state index is 0. The van der Waals surface area contributed by atoms with Crippen LogP contribution < -0.4 is 16.0 Å². The Kier molecular flexibility index (Phi) is 14.3. The van der Waals surface area contributed by atoms with Crippen LogP contribution in [0.15, 0.2) is 27.8 Å². The Morgan fingerprint density at radius 3 is 2.68 bits per heavy atom. The molecule has 0 saturated carbocycles. The first-order valence-corrected chi connectivity index (χ1v) is 9.03. The van der Waals surface area contributed by atoms with Gasteiger partial charge >= 0.3 is 0 Å². The number of furan rings is 1. The van der Waals surface area contributed by atoms with Gasteiger partial charge in [-0.15, -0.1) is 24.0 Å². The average Bonchev–Trinajstić information content (AvgIpc) is 3.10.